The molecule has 0 bridgehead atoms. The summed E-state index contributed by atoms with van der Waals surface area (Å²) in [6.45, 7) is 13.0. The average molecular weight is 673 g/mol. The Kier molecular flexibility index (Phi) is 29.0. The third kappa shape index (κ3) is 16.1. The van der Waals surface area contributed by atoms with E-state index >= 15 is 0 Å². The molecule has 0 aliphatic carbocycles. The van der Waals surface area contributed by atoms with Crippen LogP contribution in [0.25, 0.3) is 0 Å². The van der Waals surface area contributed by atoms with Crippen molar-refractivity contribution < 1.29 is 62.3 Å². The van der Waals surface area contributed by atoms with Gasteiger partial charge in [-0.2, -0.15) is 23.6 Å². The first-order valence-electron chi connectivity index (χ1n) is 14.4. The molecule has 0 aromatic carbocycles. The maximum atomic E-state index is 13.3. The number of rotatable bonds is 20. The van der Waals surface area contributed by atoms with E-state index in [2.05, 4.69) is 48.3 Å². The zero-order chi connectivity index (χ0) is 35.4. The van der Waals surface area contributed by atoms with E-state index in [1.807, 2.05) is 20.8 Å². The lowest BCUT2D eigenvalue weighted by atomic mass is 9.63. The van der Waals surface area contributed by atoms with Crippen LogP contribution in [-0.4, -0.2) is 71.8 Å². The van der Waals surface area contributed by atoms with Gasteiger partial charge in [0.15, 0.2) is 21.1 Å². The largest absolute Gasteiger partial charge is 0.424 e. The van der Waals surface area contributed by atoms with Crippen LogP contribution in [0.3, 0.4) is 0 Å². The molecule has 0 aliphatic heterocycles. The molecule has 264 valence electrons. The molecule has 0 aliphatic rings. The second kappa shape index (κ2) is 28.2. The summed E-state index contributed by atoms with van der Waals surface area (Å²) in [7, 11) is -0.827. The number of hydrogen-bond acceptors (Lipinski definition) is 17. The van der Waals surface area contributed by atoms with Crippen LogP contribution in [0.5, 0.6) is 0 Å². The predicted molar refractivity (Wildman–Crippen MR) is 160 cm³/mol. The van der Waals surface area contributed by atoms with Crippen LogP contribution in [0.15, 0.2) is 0 Å². The second-order valence-electron chi connectivity index (χ2n) is 8.90. The van der Waals surface area contributed by atoms with Crippen LogP contribution in [-0.2, 0) is 62.3 Å². The van der Waals surface area contributed by atoms with Crippen LogP contribution in [0.4, 0.5) is 0 Å². The van der Waals surface area contributed by atoms with E-state index in [9.17, 15) is 28.8 Å². The number of carbonyl (C=O) groups is 6. The Morgan fingerprint density at radius 1 is 0.733 bits per heavy atom. The lowest BCUT2D eigenvalue weighted by Gasteiger charge is -2.38. The predicted octanol–water partition coefficient (Wildman–Crippen LogP) is -1.79. The minimum absolute atomic E-state index is 0.0129. The van der Waals surface area contributed by atoms with Gasteiger partial charge in [-0.05, 0) is 39.7 Å². The van der Waals surface area contributed by atoms with E-state index in [0.717, 1.165) is 0 Å². The molecule has 0 saturated carbocycles. The van der Waals surface area contributed by atoms with Gasteiger partial charge in [-0.15, -0.1) is 0 Å². The fourth-order valence-electron chi connectivity index (χ4n) is 3.77. The van der Waals surface area contributed by atoms with Gasteiger partial charge < -0.3 is 34.8 Å². The first-order chi connectivity index (χ1) is 21.4. The first kappa shape index (κ1) is 46.2. The highest BCUT2D eigenvalue weighted by molar-refractivity contribution is 6.27. The standard InChI is InChI=1S/C17H32N6O11Si.C4H10O2.C4H10/c1-3-17(16(29)34-22,15(28)23-6-5-7-35-30-4-2)10(14(27)33-21)8(12(25)31-19)9(11(18)24)13(26)32-20;1-3-5-6-4-2;1-3-4-2/h8-10H,3-7,19-22,35H2,1-2H3,(H2,18,24)(H,23,28);3-4H2,1-2H3;3-4H2,1-2H3/t8?,9?,10-,17+;;/m1../s1. The van der Waals surface area contributed by atoms with Gasteiger partial charge in [0.2, 0.25) is 11.8 Å². The molecule has 4 atom stereocenters. The third-order valence-electron chi connectivity index (χ3n) is 6.14. The van der Waals surface area contributed by atoms with E-state index in [4.69, 9.17) is 33.7 Å². The second-order valence-corrected chi connectivity index (χ2v) is 10.4. The molecular formula is C25H52N6O13Si. The molecule has 0 aromatic heterocycles. The maximum Gasteiger partial charge on any atom is 0.341 e. The zero-order valence-corrected chi connectivity index (χ0v) is 28.4. The van der Waals surface area contributed by atoms with Crippen molar-refractivity contribution in [2.75, 3.05) is 26.4 Å². The van der Waals surface area contributed by atoms with E-state index < -0.39 is 75.0 Å². The van der Waals surface area contributed by atoms with Crippen molar-refractivity contribution in [1.82, 2.24) is 5.32 Å². The quantitative estimate of drug-likeness (QED) is 0.0273. The molecule has 0 saturated heterocycles. The molecule has 0 radical (unpaired) electrons. The van der Waals surface area contributed by atoms with Crippen LogP contribution >= 0.6 is 0 Å². The van der Waals surface area contributed by atoms with Crippen LogP contribution in [0.1, 0.15) is 67.2 Å². The lowest BCUT2D eigenvalue weighted by molar-refractivity contribution is -0.287. The molecule has 2 amide bonds. The van der Waals surface area contributed by atoms with Crippen molar-refractivity contribution in [1.29, 1.82) is 0 Å². The van der Waals surface area contributed by atoms with Gasteiger partial charge in [-0.3, -0.25) is 14.4 Å². The molecule has 19 nitrogen and oxygen atoms in total. The van der Waals surface area contributed by atoms with E-state index in [0.29, 0.717) is 32.3 Å². The van der Waals surface area contributed by atoms with E-state index in [-0.39, 0.29) is 6.54 Å². The number of carbonyl (C=O) groups excluding carboxylic acids is 6. The van der Waals surface area contributed by atoms with E-state index in [1.165, 1.54) is 19.8 Å². The fraction of sp³-hybridized carbons (Fsp3) is 0.760. The number of hydrogen-bond donors (Lipinski definition) is 6. The maximum absolute atomic E-state index is 13.3. The smallest absolute Gasteiger partial charge is 0.341 e. The molecule has 0 spiro atoms. The Balaban J connectivity index is -0.00000151. The molecule has 0 aromatic rings. The highest BCUT2D eigenvalue weighted by Gasteiger charge is 2.63. The Morgan fingerprint density at radius 2 is 1.24 bits per heavy atom. The fourth-order valence-corrected chi connectivity index (χ4v) is 4.72. The number of primary amides is 1. The summed E-state index contributed by atoms with van der Waals surface area (Å²) in [5.41, 5.74) is 2.54. The molecule has 0 heterocycles. The highest BCUT2D eigenvalue weighted by Crippen LogP contribution is 2.42. The number of unbranched alkanes of at least 4 members (excludes halogenated alkanes) is 1. The van der Waals surface area contributed by atoms with Crippen molar-refractivity contribution in [3.63, 3.8) is 0 Å². The molecule has 20 heteroatoms. The minimum atomic E-state index is -2.68. The van der Waals surface area contributed by atoms with Crippen LogP contribution in [0.2, 0.25) is 6.04 Å². The Hall–Kier alpha value is -3.24. The number of nitrogens with one attached hydrogen (secondary N) is 1. The van der Waals surface area contributed by atoms with Gasteiger partial charge in [0.1, 0.15) is 0 Å². The van der Waals surface area contributed by atoms with Crippen LogP contribution in [0, 0.1) is 23.2 Å². The van der Waals surface area contributed by atoms with Gasteiger partial charge >= 0.3 is 23.9 Å². The van der Waals surface area contributed by atoms with Crippen molar-refractivity contribution in [2.24, 2.45) is 52.5 Å². The topological polar surface area (TPSA) is 309 Å². The molecule has 45 heavy (non-hydrogen) atoms. The Bertz CT molecular complexity index is 880. The first-order valence-corrected chi connectivity index (χ1v) is 16.0. The van der Waals surface area contributed by atoms with Gasteiger partial charge in [0, 0.05) is 13.2 Å². The van der Waals surface area contributed by atoms with Gasteiger partial charge in [0.25, 0.3) is 0 Å². The van der Waals surface area contributed by atoms with Crippen molar-refractivity contribution in [3.05, 3.63) is 0 Å². The lowest BCUT2D eigenvalue weighted by Crippen LogP contribution is -2.61. The SMILES string of the molecule is CCCC.CCOOCC.CCO[SiH2]CCCNC(=O)[C@@](CC)(C(=O)ON)[C@@H](C(=O)ON)C(C(=O)ON)C(C(N)=O)C(=O)ON. The van der Waals surface area contributed by atoms with Crippen LogP contribution < -0.4 is 34.6 Å². The van der Waals surface area contributed by atoms with Crippen molar-refractivity contribution in [3.8, 4) is 0 Å². The summed E-state index contributed by atoms with van der Waals surface area (Å²) in [4.78, 5) is 101. The molecule has 11 N–H and O–H groups in total. The monoisotopic (exact) mass is 672 g/mol. The molecule has 0 rings (SSSR count). The zero-order valence-electron chi connectivity index (χ0n) is 27.0. The Labute approximate surface area is 265 Å². The van der Waals surface area contributed by atoms with Crippen molar-refractivity contribution in [2.45, 2.75) is 73.3 Å². The summed E-state index contributed by atoms with van der Waals surface area (Å²) in [5.74, 6) is 3.55. The molecular weight excluding hydrogens is 620 g/mol. The molecule has 0 fully saturated rings. The third-order valence-corrected chi connectivity index (χ3v) is 7.63. The summed E-state index contributed by atoms with van der Waals surface area (Å²) >= 11 is 0. The minimum Gasteiger partial charge on any atom is -0.424 e. The van der Waals surface area contributed by atoms with Gasteiger partial charge in [-0.1, -0.05) is 33.6 Å². The van der Waals surface area contributed by atoms with Gasteiger partial charge in [0.05, 0.1) is 25.0 Å². The average Bonchev–Trinajstić information content (AvgIpc) is 3.05. The number of amides is 2. The molecule has 2 unspecified atom stereocenters. The normalized spacial score (nSPS) is 13.7. The van der Waals surface area contributed by atoms with E-state index in [1.54, 1.807) is 0 Å². The summed E-state index contributed by atoms with van der Waals surface area (Å²) in [6.07, 6.45) is 2.51. The van der Waals surface area contributed by atoms with Gasteiger partial charge in [-0.25, -0.2) is 24.2 Å². The Morgan fingerprint density at radius 3 is 1.60 bits per heavy atom. The number of nitrogens with two attached hydrogens (primary N) is 5. The summed E-state index contributed by atoms with van der Waals surface area (Å²) < 4.78 is 5.32. The summed E-state index contributed by atoms with van der Waals surface area (Å²) in [6, 6.07) is 0.664. The highest BCUT2D eigenvalue weighted by atomic mass is 28.2. The van der Waals surface area contributed by atoms with Crippen molar-refractivity contribution >= 4 is 45.5 Å². The summed E-state index contributed by atoms with van der Waals surface area (Å²) in [5, 5.41) is 2.43.